The topological polar surface area (TPSA) is 89.3 Å². The van der Waals surface area contributed by atoms with Gasteiger partial charge in [0.25, 0.3) is 5.91 Å². The van der Waals surface area contributed by atoms with Gasteiger partial charge < -0.3 is 14.8 Å². The maximum absolute atomic E-state index is 12.1. The molecule has 3 aromatic carbocycles. The lowest BCUT2D eigenvalue weighted by atomic mass is 9.87. The average Bonchev–Trinajstić information content (AvgIpc) is 2.83. The Morgan fingerprint density at radius 2 is 1.44 bits per heavy atom. The van der Waals surface area contributed by atoms with Gasteiger partial charge in [-0.2, -0.15) is 10.2 Å². The fourth-order valence-electron chi connectivity index (χ4n) is 2.94. The van der Waals surface area contributed by atoms with Gasteiger partial charge in [0, 0.05) is 5.69 Å². The summed E-state index contributed by atoms with van der Waals surface area (Å²) >= 11 is 0. The third-order valence-corrected chi connectivity index (χ3v) is 4.85. The van der Waals surface area contributed by atoms with Crippen molar-refractivity contribution in [2.45, 2.75) is 32.6 Å². The van der Waals surface area contributed by atoms with Crippen molar-refractivity contribution < 1.29 is 19.1 Å². The van der Waals surface area contributed by atoms with Crippen molar-refractivity contribution in [2.24, 2.45) is 10.2 Å². The summed E-state index contributed by atoms with van der Waals surface area (Å²) in [6.07, 6.45) is 0.0510. The van der Waals surface area contributed by atoms with Crippen molar-refractivity contribution in [3.63, 3.8) is 0 Å². The minimum absolute atomic E-state index is 0.0510. The number of azo groups is 1. The van der Waals surface area contributed by atoms with E-state index in [0.717, 1.165) is 5.69 Å². The van der Waals surface area contributed by atoms with Gasteiger partial charge in [0.05, 0.1) is 24.4 Å². The lowest BCUT2D eigenvalue weighted by molar-refractivity contribution is -0.147. The summed E-state index contributed by atoms with van der Waals surface area (Å²) < 4.78 is 10.6. The molecule has 0 atom stereocenters. The quantitative estimate of drug-likeness (QED) is 0.298. The second kappa shape index (κ2) is 11.7. The molecule has 3 aromatic rings. The predicted molar refractivity (Wildman–Crippen MR) is 132 cm³/mol. The zero-order valence-corrected chi connectivity index (χ0v) is 19.7. The van der Waals surface area contributed by atoms with Crippen LogP contribution in [0.4, 0.5) is 17.1 Å². The molecular weight excluding hydrogens is 430 g/mol. The molecule has 0 saturated heterocycles. The van der Waals surface area contributed by atoms with Crippen LogP contribution < -0.4 is 10.1 Å². The van der Waals surface area contributed by atoms with E-state index in [1.165, 1.54) is 5.56 Å². The number of carbonyl (C=O) groups is 2. The molecule has 0 aliphatic carbocycles. The van der Waals surface area contributed by atoms with Crippen LogP contribution in [0.15, 0.2) is 89.1 Å². The molecule has 0 spiro atoms. The van der Waals surface area contributed by atoms with Gasteiger partial charge >= 0.3 is 5.97 Å². The van der Waals surface area contributed by atoms with Gasteiger partial charge in [-0.3, -0.25) is 9.59 Å². The number of esters is 1. The van der Waals surface area contributed by atoms with Crippen LogP contribution in [0.3, 0.4) is 0 Å². The first-order valence-corrected chi connectivity index (χ1v) is 11.1. The molecular formula is C27H29N3O4. The van der Waals surface area contributed by atoms with E-state index in [1.54, 1.807) is 24.3 Å². The SMILES string of the molecule is CC(C)(C)c1ccc(OCCC(=O)OCC(=O)Nc2ccc(N=Nc3ccccc3)cc2)cc1. The first-order valence-electron chi connectivity index (χ1n) is 11.1. The van der Waals surface area contributed by atoms with Crippen molar-refractivity contribution in [2.75, 3.05) is 18.5 Å². The molecule has 3 rings (SSSR count). The molecule has 0 aliphatic heterocycles. The van der Waals surface area contributed by atoms with Crippen molar-refractivity contribution in [3.8, 4) is 5.75 Å². The molecule has 7 heteroatoms. The van der Waals surface area contributed by atoms with E-state index in [1.807, 2.05) is 54.6 Å². The van der Waals surface area contributed by atoms with Gasteiger partial charge in [-0.05, 0) is 59.5 Å². The smallest absolute Gasteiger partial charge is 0.309 e. The van der Waals surface area contributed by atoms with Crippen LogP contribution in [0.2, 0.25) is 0 Å². The number of anilines is 1. The summed E-state index contributed by atoms with van der Waals surface area (Å²) in [7, 11) is 0. The molecule has 0 aromatic heterocycles. The van der Waals surface area contributed by atoms with E-state index in [2.05, 4.69) is 36.3 Å². The second-order valence-electron chi connectivity index (χ2n) is 8.66. The molecule has 34 heavy (non-hydrogen) atoms. The number of nitrogens with one attached hydrogen (secondary N) is 1. The number of rotatable bonds is 9. The Kier molecular flexibility index (Phi) is 8.51. The van der Waals surface area contributed by atoms with E-state index < -0.39 is 11.9 Å². The summed E-state index contributed by atoms with van der Waals surface area (Å²) in [5.74, 6) is -0.242. The zero-order chi connectivity index (χ0) is 24.4. The van der Waals surface area contributed by atoms with Crippen LogP contribution in [-0.2, 0) is 19.7 Å². The normalized spacial score (nSPS) is 11.3. The summed E-state index contributed by atoms with van der Waals surface area (Å²) in [4.78, 5) is 24.0. The number of hydrogen-bond acceptors (Lipinski definition) is 6. The standard InChI is InChI=1S/C27H29N3O4/c1-27(2,3)20-9-15-24(16-10-20)33-18-17-26(32)34-19-25(31)28-21-11-13-23(14-12-21)30-29-22-7-5-4-6-8-22/h4-16H,17-19H2,1-3H3,(H,28,31). The van der Waals surface area contributed by atoms with Crippen molar-refractivity contribution in [1.82, 2.24) is 0 Å². The Bertz CT molecular complexity index is 1100. The van der Waals surface area contributed by atoms with E-state index in [4.69, 9.17) is 9.47 Å². The molecule has 0 radical (unpaired) electrons. The Balaban J connectivity index is 1.35. The van der Waals surface area contributed by atoms with Crippen LogP contribution in [0, 0.1) is 0 Å². The number of amides is 1. The number of nitrogens with zero attached hydrogens (tertiary/aromatic N) is 2. The molecule has 1 N–H and O–H groups in total. The van der Waals surface area contributed by atoms with Gasteiger partial charge in [-0.1, -0.05) is 51.1 Å². The molecule has 0 fully saturated rings. The Labute approximate surface area is 199 Å². The fraction of sp³-hybridized carbons (Fsp3) is 0.259. The highest BCUT2D eigenvalue weighted by atomic mass is 16.5. The third-order valence-electron chi connectivity index (χ3n) is 4.85. The molecule has 7 nitrogen and oxygen atoms in total. The first kappa shape index (κ1) is 24.6. The second-order valence-corrected chi connectivity index (χ2v) is 8.66. The monoisotopic (exact) mass is 459 g/mol. The maximum atomic E-state index is 12.1. The van der Waals surface area contributed by atoms with Crippen molar-refractivity contribution >= 4 is 28.9 Å². The Hall–Kier alpha value is -4.00. The molecule has 0 saturated carbocycles. The molecule has 0 bridgehead atoms. The van der Waals surface area contributed by atoms with Gasteiger partial charge in [-0.25, -0.2) is 0 Å². The van der Waals surface area contributed by atoms with Gasteiger partial charge in [-0.15, -0.1) is 0 Å². The summed E-state index contributed by atoms with van der Waals surface area (Å²) in [5.41, 5.74) is 3.25. The maximum Gasteiger partial charge on any atom is 0.309 e. The van der Waals surface area contributed by atoms with Crippen molar-refractivity contribution in [3.05, 3.63) is 84.4 Å². The Morgan fingerprint density at radius 1 is 0.824 bits per heavy atom. The summed E-state index contributed by atoms with van der Waals surface area (Å²) in [5, 5.41) is 11.0. The van der Waals surface area contributed by atoms with E-state index in [9.17, 15) is 9.59 Å². The highest BCUT2D eigenvalue weighted by molar-refractivity contribution is 5.92. The van der Waals surface area contributed by atoms with Crippen LogP contribution >= 0.6 is 0 Å². The summed E-state index contributed by atoms with van der Waals surface area (Å²) in [6, 6.07) is 24.1. The first-order chi connectivity index (χ1) is 16.3. The lowest BCUT2D eigenvalue weighted by Gasteiger charge is -2.19. The largest absolute Gasteiger partial charge is 0.493 e. The van der Waals surface area contributed by atoms with Gasteiger partial charge in [0.1, 0.15) is 5.75 Å². The average molecular weight is 460 g/mol. The number of hydrogen-bond donors (Lipinski definition) is 1. The molecule has 1 amide bonds. The van der Waals surface area contributed by atoms with Gasteiger partial charge in [0.2, 0.25) is 0 Å². The summed E-state index contributed by atoms with van der Waals surface area (Å²) in [6.45, 7) is 6.23. The number of benzene rings is 3. The number of ether oxygens (including phenoxy) is 2. The van der Waals surface area contributed by atoms with Gasteiger partial charge in [0.15, 0.2) is 6.61 Å². The highest BCUT2D eigenvalue weighted by Crippen LogP contribution is 2.24. The van der Waals surface area contributed by atoms with Crippen LogP contribution in [0.25, 0.3) is 0 Å². The highest BCUT2D eigenvalue weighted by Gasteiger charge is 2.13. The fourth-order valence-corrected chi connectivity index (χ4v) is 2.94. The van der Waals surface area contributed by atoms with E-state index >= 15 is 0 Å². The third kappa shape index (κ3) is 8.16. The van der Waals surface area contributed by atoms with E-state index in [-0.39, 0.29) is 25.0 Å². The van der Waals surface area contributed by atoms with E-state index in [0.29, 0.717) is 17.1 Å². The zero-order valence-electron chi connectivity index (χ0n) is 19.7. The lowest BCUT2D eigenvalue weighted by Crippen LogP contribution is -2.21. The molecule has 0 aliphatic rings. The minimum atomic E-state index is -0.502. The van der Waals surface area contributed by atoms with Crippen LogP contribution in [0.5, 0.6) is 5.75 Å². The van der Waals surface area contributed by atoms with Crippen LogP contribution in [0.1, 0.15) is 32.8 Å². The Morgan fingerprint density at radius 3 is 2.06 bits per heavy atom. The van der Waals surface area contributed by atoms with Crippen LogP contribution in [-0.4, -0.2) is 25.1 Å². The van der Waals surface area contributed by atoms with Crippen molar-refractivity contribution in [1.29, 1.82) is 0 Å². The molecule has 176 valence electrons. The number of carbonyl (C=O) groups excluding carboxylic acids is 2. The molecule has 0 heterocycles. The minimum Gasteiger partial charge on any atom is -0.493 e. The predicted octanol–water partition coefficient (Wildman–Crippen LogP) is 6.35. The molecule has 0 unspecified atom stereocenters.